The number of anilines is 1. The molecule has 1 N–H and O–H groups in total. The van der Waals surface area contributed by atoms with Crippen LogP contribution in [-0.4, -0.2) is 59.7 Å². The summed E-state index contributed by atoms with van der Waals surface area (Å²) in [6.07, 6.45) is 9.07. The van der Waals surface area contributed by atoms with E-state index in [-0.39, 0.29) is 5.41 Å². The van der Waals surface area contributed by atoms with Crippen molar-refractivity contribution in [1.82, 2.24) is 20.2 Å². The number of likely N-dealkylation sites (tertiary alicyclic amines) is 1. The van der Waals surface area contributed by atoms with Gasteiger partial charge in [0, 0.05) is 48.4 Å². The standard InChI is InChI=1S/C35H43ClFN5/c1-24(28-12-8-10-25-9-4-5-11-29(25)28)31(36)19-30-32(20-37)39-33(15-16-35(2,3)23-41-17-6-7-18-41)40-34(30)42-21-26-13-14-27(22-42)38-26/h4-5,8-12,19-20,26-27,38H,6-7,13-18,21-23H2,1-3H3/b30-19+,31-24-,32-20-. The van der Waals surface area contributed by atoms with Crippen LogP contribution in [0.3, 0.4) is 0 Å². The second-order valence-corrected chi connectivity index (χ2v) is 13.6. The molecule has 2 aromatic carbocycles. The highest BCUT2D eigenvalue weighted by Gasteiger charge is 2.33. The summed E-state index contributed by atoms with van der Waals surface area (Å²) in [5, 5.41) is 7.55. The topological polar surface area (TPSA) is 44.3 Å². The van der Waals surface area contributed by atoms with Crippen LogP contribution < -0.4 is 20.8 Å². The second kappa shape index (κ2) is 12.4. The zero-order chi connectivity index (χ0) is 29.3. The molecule has 3 aromatic rings. The minimum Gasteiger partial charge on any atom is -0.353 e. The van der Waals surface area contributed by atoms with E-state index in [2.05, 4.69) is 59.3 Å². The first kappa shape index (κ1) is 29.3. The summed E-state index contributed by atoms with van der Waals surface area (Å²) in [5.41, 5.74) is 2.14. The van der Waals surface area contributed by atoms with E-state index in [9.17, 15) is 4.39 Å². The van der Waals surface area contributed by atoms with Gasteiger partial charge >= 0.3 is 0 Å². The molecule has 222 valence electrons. The Hall–Kier alpha value is -2.80. The van der Waals surface area contributed by atoms with Gasteiger partial charge in [0.2, 0.25) is 0 Å². The van der Waals surface area contributed by atoms with Crippen LogP contribution in [0, 0.1) is 5.41 Å². The number of aryl methyl sites for hydroxylation is 1. The number of nitrogens with one attached hydrogen (secondary N) is 1. The van der Waals surface area contributed by atoms with Gasteiger partial charge in [0.15, 0.2) is 0 Å². The third-order valence-corrected chi connectivity index (χ3v) is 9.71. The average Bonchev–Trinajstić information content (AvgIpc) is 3.63. The fraction of sp³-hybridized carbons (Fsp3) is 0.486. The van der Waals surface area contributed by atoms with Crippen LogP contribution in [0.2, 0.25) is 0 Å². The number of piperazine rings is 1. The molecule has 0 saturated carbocycles. The van der Waals surface area contributed by atoms with E-state index in [1.807, 2.05) is 25.1 Å². The van der Waals surface area contributed by atoms with Crippen LogP contribution in [-0.2, 0) is 6.42 Å². The van der Waals surface area contributed by atoms with E-state index in [1.54, 1.807) is 0 Å². The number of hydrogen-bond acceptors (Lipinski definition) is 5. The van der Waals surface area contributed by atoms with Crippen molar-refractivity contribution in [3.8, 4) is 0 Å². The summed E-state index contributed by atoms with van der Waals surface area (Å²) < 4.78 is 14.7. The molecule has 0 aliphatic carbocycles. The first-order valence-electron chi connectivity index (χ1n) is 15.6. The fourth-order valence-corrected chi connectivity index (χ4v) is 7.27. The highest BCUT2D eigenvalue weighted by Crippen LogP contribution is 2.30. The van der Waals surface area contributed by atoms with Crippen LogP contribution in [0.15, 0.2) is 47.5 Å². The largest absolute Gasteiger partial charge is 0.353 e. The molecule has 2 unspecified atom stereocenters. The number of benzene rings is 2. The molecule has 6 rings (SSSR count). The van der Waals surface area contributed by atoms with E-state index in [0.717, 1.165) is 66.6 Å². The molecule has 3 fully saturated rings. The van der Waals surface area contributed by atoms with Crippen LogP contribution >= 0.6 is 11.6 Å². The number of nitrogens with zero attached hydrogens (tertiary/aromatic N) is 4. The third-order valence-electron chi connectivity index (χ3n) is 9.32. The lowest BCUT2D eigenvalue weighted by Crippen LogP contribution is -2.53. The molecule has 3 aliphatic rings. The Balaban J connectivity index is 1.39. The third kappa shape index (κ3) is 6.41. The Kier molecular flexibility index (Phi) is 8.67. The molecule has 0 radical (unpaired) electrons. The molecule has 3 aliphatic heterocycles. The number of allylic oxidation sites excluding steroid dienone is 2. The summed E-state index contributed by atoms with van der Waals surface area (Å²) in [7, 11) is 0. The molecule has 0 amide bonds. The molecule has 2 bridgehead atoms. The predicted molar refractivity (Wildman–Crippen MR) is 174 cm³/mol. The van der Waals surface area contributed by atoms with Gasteiger partial charge < -0.3 is 15.1 Å². The molecule has 3 saturated heterocycles. The first-order chi connectivity index (χ1) is 20.3. The Bertz CT molecular complexity index is 1580. The van der Waals surface area contributed by atoms with E-state index < -0.39 is 0 Å². The Labute approximate surface area is 254 Å². The number of hydrogen-bond donors (Lipinski definition) is 1. The minimum absolute atomic E-state index is 0.133. The van der Waals surface area contributed by atoms with Crippen molar-refractivity contribution in [2.75, 3.05) is 37.6 Å². The summed E-state index contributed by atoms with van der Waals surface area (Å²) in [6.45, 7) is 11.8. The average molecular weight is 588 g/mol. The monoisotopic (exact) mass is 587 g/mol. The lowest BCUT2D eigenvalue weighted by Gasteiger charge is -2.34. The molecule has 7 heteroatoms. The maximum absolute atomic E-state index is 14.7. The van der Waals surface area contributed by atoms with Gasteiger partial charge in [0.1, 0.15) is 23.3 Å². The molecular formula is C35H43ClFN5. The molecule has 5 nitrogen and oxygen atoms in total. The van der Waals surface area contributed by atoms with E-state index in [4.69, 9.17) is 21.6 Å². The van der Waals surface area contributed by atoms with Crippen LogP contribution in [0.1, 0.15) is 64.3 Å². The quantitative estimate of drug-likeness (QED) is 0.362. The van der Waals surface area contributed by atoms with Crippen molar-refractivity contribution >= 4 is 46.2 Å². The molecular weight excluding hydrogens is 545 g/mol. The highest BCUT2D eigenvalue weighted by atomic mass is 35.5. The zero-order valence-corrected chi connectivity index (χ0v) is 25.9. The van der Waals surface area contributed by atoms with Gasteiger partial charge in [-0.15, -0.1) is 0 Å². The van der Waals surface area contributed by atoms with Gasteiger partial charge in [-0.2, -0.15) is 0 Å². The summed E-state index contributed by atoms with van der Waals surface area (Å²) in [4.78, 5) is 14.8. The van der Waals surface area contributed by atoms with E-state index in [0.29, 0.717) is 46.3 Å². The SMILES string of the molecule is C\C(=C(Cl)/C=c1/c(N2CC3CCC(C2)N3)nc(CCC(C)(C)CN2CCCC2)n/c1=C\F)c1cccc2ccccc12. The Morgan fingerprint density at radius 3 is 2.50 bits per heavy atom. The van der Waals surface area contributed by atoms with Crippen LogP contribution in [0.5, 0.6) is 0 Å². The molecule has 4 heterocycles. The molecule has 42 heavy (non-hydrogen) atoms. The van der Waals surface area contributed by atoms with Crippen molar-refractivity contribution in [3.05, 3.63) is 69.5 Å². The molecule has 2 atom stereocenters. The minimum atomic E-state index is 0.133. The summed E-state index contributed by atoms with van der Waals surface area (Å²) in [6, 6.07) is 15.4. The van der Waals surface area contributed by atoms with Gasteiger partial charge in [0.05, 0.1) is 0 Å². The van der Waals surface area contributed by atoms with Crippen molar-refractivity contribution in [2.24, 2.45) is 5.41 Å². The fourth-order valence-electron chi connectivity index (χ4n) is 7.06. The van der Waals surface area contributed by atoms with Crippen molar-refractivity contribution in [2.45, 2.75) is 71.4 Å². The van der Waals surface area contributed by atoms with Gasteiger partial charge in [-0.1, -0.05) is 67.9 Å². The van der Waals surface area contributed by atoms with Crippen molar-refractivity contribution in [3.63, 3.8) is 0 Å². The normalized spacial score (nSPS) is 22.8. The van der Waals surface area contributed by atoms with E-state index in [1.165, 1.54) is 25.9 Å². The number of halogens is 2. The van der Waals surface area contributed by atoms with Gasteiger partial charge in [0.25, 0.3) is 0 Å². The van der Waals surface area contributed by atoms with Crippen LogP contribution in [0.25, 0.3) is 28.8 Å². The number of aromatic nitrogens is 2. The Morgan fingerprint density at radius 2 is 1.76 bits per heavy atom. The lowest BCUT2D eigenvalue weighted by atomic mass is 9.87. The molecule has 1 aromatic heterocycles. The molecule has 0 spiro atoms. The lowest BCUT2D eigenvalue weighted by molar-refractivity contribution is 0.197. The highest BCUT2D eigenvalue weighted by molar-refractivity contribution is 6.37. The van der Waals surface area contributed by atoms with Crippen LogP contribution in [0.4, 0.5) is 10.2 Å². The maximum atomic E-state index is 14.7. The zero-order valence-electron chi connectivity index (χ0n) is 25.2. The predicted octanol–water partition coefficient (Wildman–Crippen LogP) is 5.78. The second-order valence-electron chi connectivity index (χ2n) is 13.2. The van der Waals surface area contributed by atoms with Gasteiger partial charge in [-0.25, -0.2) is 14.4 Å². The summed E-state index contributed by atoms with van der Waals surface area (Å²) >= 11 is 7.05. The smallest absolute Gasteiger partial charge is 0.140 e. The first-order valence-corrected chi connectivity index (χ1v) is 15.9. The summed E-state index contributed by atoms with van der Waals surface area (Å²) in [5.74, 6) is 1.50. The van der Waals surface area contributed by atoms with E-state index >= 15 is 0 Å². The van der Waals surface area contributed by atoms with Gasteiger partial charge in [-0.3, -0.25) is 0 Å². The van der Waals surface area contributed by atoms with Crippen molar-refractivity contribution < 1.29 is 4.39 Å². The maximum Gasteiger partial charge on any atom is 0.140 e. The van der Waals surface area contributed by atoms with Gasteiger partial charge in [-0.05, 0) is 85.5 Å². The van der Waals surface area contributed by atoms with Crippen molar-refractivity contribution in [1.29, 1.82) is 0 Å². The number of rotatable bonds is 8. The Morgan fingerprint density at radius 1 is 1.05 bits per heavy atom. The number of fused-ring (bicyclic) bond motifs is 3.